The first kappa shape index (κ1) is 20.4. The van der Waals surface area contributed by atoms with Gasteiger partial charge in [0.1, 0.15) is 4.21 Å². The van der Waals surface area contributed by atoms with Crippen LogP contribution < -0.4 is 5.32 Å². The number of halogens is 3. The van der Waals surface area contributed by atoms with Crippen molar-refractivity contribution in [2.24, 2.45) is 0 Å². The molecule has 142 valence electrons. The van der Waals surface area contributed by atoms with Crippen LogP contribution in [0.2, 0.25) is 0 Å². The molecule has 1 N–H and O–H groups in total. The van der Waals surface area contributed by atoms with E-state index < -0.39 is 40.3 Å². The molecule has 10 heteroatoms. The predicted molar refractivity (Wildman–Crippen MR) is 92.1 cm³/mol. The molecule has 0 aliphatic rings. The summed E-state index contributed by atoms with van der Waals surface area (Å²) in [6.45, 7) is 1.09. The maximum atomic E-state index is 12.8. The molecule has 1 atom stereocenters. The third-order valence-corrected chi connectivity index (χ3v) is 6.79. The Morgan fingerprint density at radius 3 is 2.54 bits per heavy atom. The van der Waals surface area contributed by atoms with Crippen molar-refractivity contribution in [1.82, 2.24) is 9.62 Å². The van der Waals surface area contributed by atoms with Gasteiger partial charge >= 0.3 is 6.18 Å². The molecule has 2 aromatic rings. The Labute approximate surface area is 153 Å². The van der Waals surface area contributed by atoms with Gasteiger partial charge in [-0.2, -0.15) is 17.5 Å². The molecule has 0 saturated heterocycles. The lowest BCUT2D eigenvalue weighted by molar-refractivity contribution is -0.137. The molecule has 0 fully saturated rings. The summed E-state index contributed by atoms with van der Waals surface area (Å²) in [6, 6.07) is 6.93. The summed E-state index contributed by atoms with van der Waals surface area (Å²) >= 11 is 1.03. The summed E-state index contributed by atoms with van der Waals surface area (Å²) in [5.74, 6) is -0.613. The van der Waals surface area contributed by atoms with Crippen LogP contribution in [-0.2, 0) is 21.0 Å². The minimum absolute atomic E-state index is 0.110. The van der Waals surface area contributed by atoms with Crippen LogP contribution in [0.25, 0.3) is 0 Å². The van der Waals surface area contributed by atoms with Gasteiger partial charge in [0.15, 0.2) is 0 Å². The highest BCUT2D eigenvalue weighted by molar-refractivity contribution is 7.91. The quantitative estimate of drug-likeness (QED) is 0.801. The van der Waals surface area contributed by atoms with Crippen LogP contribution >= 0.6 is 11.3 Å². The van der Waals surface area contributed by atoms with Crippen molar-refractivity contribution in [2.75, 3.05) is 13.6 Å². The van der Waals surface area contributed by atoms with E-state index in [1.54, 1.807) is 11.4 Å². The molecule has 26 heavy (non-hydrogen) atoms. The summed E-state index contributed by atoms with van der Waals surface area (Å²) in [6.07, 6.45) is -4.48. The zero-order chi connectivity index (χ0) is 19.5. The van der Waals surface area contributed by atoms with E-state index in [2.05, 4.69) is 5.32 Å². The molecule has 2 rings (SSSR count). The van der Waals surface area contributed by atoms with Crippen molar-refractivity contribution in [3.8, 4) is 0 Å². The predicted octanol–water partition coefficient (Wildman–Crippen LogP) is 3.26. The van der Waals surface area contributed by atoms with Crippen molar-refractivity contribution in [1.29, 1.82) is 0 Å². The zero-order valence-corrected chi connectivity index (χ0v) is 15.6. The highest BCUT2D eigenvalue weighted by Crippen LogP contribution is 2.30. The third kappa shape index (κ3) is 4.83. The number of benzene rings is 1. The van der Waals surface area contributed by atoms with E-state index in [0.717, 1.165) is 27.8 Å². The SMILES string of the molecule is CC(NC(=O)CN(C)S(=O)(=O)c1cccs1)c1cccc(C(F)(F)F)c1. The number of alkyl halides is 3. The van der Waals surface area contributed by atoms with Gasteiger partial charge < -0.3 is 5.32 Å². The second-order valence-corrected chi connectivity index (χ2v) is 8.83. The van der Waals surface area contributed by atoms with Crippen molar-refractivity contribution in [3.05, 3.63) is 52.9 Å². The average molecular weight is 406 g/mol. The highest BCUT2D eigenvalue weighted by atomic mass is 32.2. The molecule has 1 aromatic carbocycles. The summed E-state index contributed by atoms with van der Waals surface area (Å²) in [4.78, 5) is 12.1. The van der Waals surface area contributed by atoms with E-state index in [0.29, 0.717) is 0 Å². The number of carbonyl (C=O) groups is 1. The molecular formula is C16H17F3N2O3S2. The number of sulfonamides is 1. The molecule has 0 aliphatic heterocycles. The van der Waals surface area contributed by atoms with E-state index in [1.165, 1.54) is 32.2 Å². The molecule has 1 amide bonds. The Morgan fingerprint density at radius 2 is 1.96 bits per heavy atom. The van der Waals surface area contributed by atoms with Crippen LogP contribution in [0.5, 0.6) is 0 Å². The summed E-state index contributed by atoms with van der Waals surface area (Å²) in [5, 5.41) is 4.12. The molecule has 0 aliphatic carbocycles. The Morgan fingerprint density at radius 1 is 1.27 bits per heavy atom. The number of likely N-dealkylation sites (N-methyl/N-ethyl adjacent to an activating group) is 1. The Balaban J connectivity index is 2.04. The van der Waals surface area contributed by atoms with Crippen LogP contribution in [0.4, 0.5) is 13.2 Å². The Kier molecular flexibility index (Phi) is 6.09. The van der Waals surface area contributed by atoms with Crippen molar-refractivity contribution in [2.45, 2.75) is 23.4 Å². The number of amides is 1. The smallest absolute Gasteiger partial charge is 0.348 e. The van der Waals surface area contributed by atoms with Gasteiger partial charge in [0.2, 0.25) is 5.91 Å². The lowest BCUT2D eigenvalue weighted by atomic mass is 10.0. The molecule has 0 saturated carbocycles. The van der Waals surface area contributed by atoms with Gasteiger partial charge in [0.25, 0.3) is 10.0 Å². The van der Waals surface area contributed by atoms with Gasteiger partial charge in [-0.3, -0.25) is 4.79 Å². The van der Waals surface area contributed by atoms with Crippen LogP contribution in [0.15, 0.2) is 46.0 Å². The zero-order valence-electron chi connectivity index (χ0n) is 13.9. The van der Waals surface area contributed by atoms with E-state index in [9.17, 15) is 26.4 Å². The molecule has 1 heterocycles. The molecule has 0 bridgehead atoms. The van der Waals surface area contributed by atoms with E-state index in [1.807, 2.05) is 0 Å². The van der Waals surface area contributed by atoms with Crippen molar-refractivity contribution in [3.63, 3.8) is 0 Å². The first-order valence-electron chi connectivity index (χ1n) is 7.48. The largest absolute Gasteiger partial charge is 0.416 e. The number of thiophene rings is 1. The number of rotatable bonds is 6. The number of hydrogen-bond acceptors (Lipinski definition) is 4. The lowest BCUT2D eigenvalue weighted by Crippen LogP contribution is -2.39. The maximum Gasteiger partial charge on any atom is 0.416 e. The normalized spacial score (nSPS) is 13.6. The maximum absolute atomic E-state index is 12.8. The number of nitrogens with one attached hydrogen (secondary N) is 1. The molecule has 1 aromatic heterocycles. The Hall–Kier alpha value is -1.91. The molecule has 0 radical (unpaired) electrons. The second kappa shape index (κ2) is 7.77. The fraction of sp³-hybridized carbons (Fsp3) is 0.312. The van der Waals surface area contributed by atoms with Gasteiger partial charge in [-0.1, -0.05) is 18.2 Å². The van der Waals surface area contributed by atoms with Crippen molar-refractivity contribution >= 4 is 27.3 Å². The Bertz CT molecular complexity index is 865. The van der Waals surface area contributed by atoms with E-state index in [4.69, 9.17) is 0 Å². The van der Waals surface area contributed by atoms with Crippen molar-refractivity contribution < 1.29 is 26.4 Å². The first-order valence-corrected chi connectivity index (χ1v) is 9.80. The van der Waals surface area contributed by atoms with Gasteiger partial charge in [-0.05, 0) is 36.1 Å². The molecule has 5 nitrogen and oxygen atoms in total. The van der Waals surface area contributed by atoms with Gasteiger partial charge in [-0.15, -0.1) is 11.3 Å². The minimum Gasteiger partial charge on any atom is -0.348 e. The van der Waals surface area contributed by atoms with Crippen LogP contribution in [0, 0.1) is 0 Å². The second-order valence-electron chi connectivity index (χ2n) is 5.61. The van der Waals surface area contributed by atoms with Gasteiger partial charge in [-0.25, -0.2) is 8.42 Å². The van der Waals surface area contributed by atoms with Crippen LogP contribution in [-0.4, -0.2) is 32.2 Å². The molecule has 1 unspecified atom stereocenters. The fourth-order valence-corrected chi connectivity index (χ4v) is 4.53. The third-order valence-electron chi connectivity index (χ3n) is 3.62. The minimum atomic E-state index is -4.48. The summed E-state index contributed by atoms with van der Waals surface area (Å²) < 4.78 is 63.9. The standard InChI is InChI=1S/C16H17F3N2O3S2/c1-11(12-5-3-6-13(9-12)16(17,18)19)20-14(22)10-21(2)26(23,24)15-7-4-8-25-15/h3-9,11H,10H2,1-2H3,(H,20,22). The van der Waals surface area contributed by atoms with Gasteiger partial charge in [0.05, 0.1) is 18.2 Å². The van der Waals surface area contributed by atoms with E-state index >= 15 is 0 Å². The molecule has 0 spiro atoms. The number of carbonyl (C=O) groups excluding carboxylic acids is 1. The summed E-state index contributed by atoms with van der Waals surface area (Å²) in [5.41, 5.74) is -0.537. The van der Waals surface area contributed by atoms with Gasteiger partial charge in [0, 0.05) is 7.05 Å². The number of hydrogen-bond donors (Lipinski definition) is 1. The monoisotopic (exact) mass is 406 g/mol. The molecular weight excluding hydrogens is 389 g/mol. The van der Waals surface area contributed by atoms with Crippen LogP contribution in [0.3, 0.4) is 0 Å². The summed E-state index contributed by atoms with van der Waals surface area (Å²) in [7, 11) is -2.51. The number of nitrogens with zero attached hydrogens (tertiary/aromatic N) is 1. The van der Waals surface area contributed by atoms with Crippen LogP contribution in [0.1, 0.15) is 24.1 Å². The highest BCUT2D eigenvalue weighted by Gasteiger charge is 2.31. The lowest BCUT2D eigenvalue weighted by Gasteiger charge is -2.19. The fourth-order valence-electron chi connectivity index (χ4n) is 2.21. The average Bonchev–Trinajstić information content (AvgIpc) is 3.09. The van der Waals surface area contributed by atoms with E-state index in [-0.39, 0.29) is 9.77 Å². The topological polar surface area (TPSA) is 66.5 Å². The first-order chi connectivity index (χ1) is 12.0.